The molecular formula is C52H36N4. The number of hydrogen-bond acceptors (Lipinski definition) is 4. The van der Waals surface area contributed by atoms with E-state index in [2.05, 4.69) is 163 Å². The van der Waals surface area contributed by atoms with E-state index in [1.807, 2.05) is 60.7 Å². The van der Waals surface area contributed by atoms with Gasteiger partial charge in [-0.3, -0.25) is 0 Å². The molecule has 10 rings (SSSR count). The normalized spacial score (nSPS) is 12.4. The summed E-state index contributed by atoms with van der Waals surface area (Å²) in [5, 5.41) is 0. The SMILES string of the molecule is c1ccc(-c2nc(-c3ccccc3)nc(-c3cccc(C4(c5cccc(N(c6ccccc6)c6ccccc6)c5)c5ccccc5-c5ccccc54)c3)n2)cc1. The molecule has 264 valence electrons. The summed E-state index contributed by atoms with van der Waals surface area (Å²) in [6.45, 7) is 0. The van der Waals surface area contributed by atoms with Crippen LogP contribution in [-0.4, -0.2) is 15.0 Å². The number of nitrogens with zero attached hydrogens (tertiary/aromatic N) is 4. The maximum Gasteiger partial charge on any atom is 0.164 e. The van der Waals surface area contributed by atoms with Crippen molar-refractivity contribution in [2.75, 3.05) is 4.90 Å². The lowest BCUT2D eigenvalue weighted by atomic mass is 9.67. The van der Waals surface area contributed by atoms with Gasteiger partial charge >= 0.3 is 0 Å². The van der Waals surface area contributed by atoms with E-state index in [1.165, 1.54) is 27.8 Å². The molecule has 0 radical (unpaired) electrons. The summed E-state index contributed by atoms with van der Waals surface area (Å²) in [5.74, 6) is 1.91. The molecular weight excluding hydrogens is 681 g/mol. The molecule has 0 amide bonds. The monoisotopic (exact) mass is 716 g/mol. The van der Waals surface area contributed by atoms with Gasteiger partial charge in [0.1, 0.15) is 0 Å². The van der Waals surface area contributed by atoms with Crippen LogP contribution in [0.4, 0.5) is 17.1 Å². The zero-order chi connectivity index (χ0) is 37.3. The lowest BCUT2D eigenvalue weighted by molar-refractivity contribution is 0.768. The predicted molar refractivity (Wildman–Crippen MR) is 228 cm³/mol. The summed E-state index contributed by atoms with van der Waals surface area (Å²) in [6.07, 6.45) is 0. The molecule has 9 aromatic rings. The molecule has 1 aliphatic rings. The van der Waals surface area contributed by atoms with Crippen LogP contribution in [0.2, 0.25) is 0 Å². The molecule has 0 atom stereocenters. The van der Waals surface area contributed by atoms with Crippen molar-refractivity contribution in [2.24, 2.45) is 0 Å². The first-order valence-electron chi connectivity index (χ1n) is 19.0. The Bertz CT molecular complexity index is 2660. The number of para-hydroxylation sites is 2. The number of benzene rings is 8. The molecule has 0 bridgehead atoms. The maximum atomic E-state index is 5.13. The molecule has 0 saturated heterocycles. The fourth-order valence-electron chi connectivity index (χ4n) is 8.33. The highest BCUT2D eigenvalue weighted by Crippen LogP contribution is 2.57. The lowest BCUT2D eigenvalue weighted by Gasteiger charge is -2.35. The van der Waals surface area contributed by atoms with Gasteiger partial charge < -0.3 is 4.90 Å². The maximum absolute atomic E-state index is 5.13. The molecule has 8 aromatic carbocycles. The topological polar surface area (TPSA) is 41.9 Å². The van der Waals surface area contributed by atoms with E-state index >= 15 is 0 Å². The molecule has 1 heterocycles. The number of anilines is 3. The van der Waals surface area contributed by atoms with E-state index in [0.29, 0.717) is 17.5 Å². The lowest BCUT2D eigenvalue weighted by Crippen LogP contribution is -2.29. The van der Waals surface area contributed by atoms with Crippen LogP contribution >= 0.6 is 0 Å². The molecule has 0 saturated carbocycles. The highest BCUT2D eigenvalue weighted by Gasteiger charge is 2.46. The van der Waals surface area contributed by atoms with E-state index in [0.717, 1.165) is 39.3 Å². The van der Waals surface area contributed by atoms with Crippen molar-refractivity contribution in [1.29, 1.82) is 0 Å². The molecule has 0 spiro atoms. The van der Waals surface area contributed by atoms with Gasteiger partial charge in [0.25, 0.3) is 0 Å². The first-order chi connectivity index (χ1) is 27.8. The predicted octanol–water partition coefficient (Wildman–Crippen LogP) is 12.7. The average molecular weight is 717 g/mol. The fraction of sp³-hybridized carbons (Fsp3) is 0.0192. The Morgan fingerprint density at radius 3 is 1.20 bits per heavy atom. The fourth-order valence-corrected chi connectivity index (χ4v) is 8.33. The number of fused-ring (bicyclic) bond motifs is 3. The van der Waals surface area contributed by atoms with Crippen molar-refractivity contribution in [1.82, 2.24) is 15.0 Å². The van der Waals surface area contributed by atoms with Gasteiger partial charge in [-0.1, -0.05) is 176 Å². The van der Waals surface area contributed by atoms with E-state index < -0.39 is 5.41 Å². The van der Waals surface area contributed by atoms with Crippen molar-refractivity contribution < 1.29 is 0 Å². The Hall–Kier alpha value is -7.43. The summed E-state index contributed by atoms with van der Waals surface area (Å²) >= 11 is 0. The largest absolute Gasteiger partial charge is 0.310 e. The average Bonchev–Trinajstić information content (AvgIpc) is 3.59. The van der Waals surface area contributed by atoms with Crippen LogP contribution in [0, 0.1) is 0 Å². The third kappa shape index (κ3) is 5.67. The zero-order valence-corrected chi connectivity index (χ0v) is 30.6. The first kappa shape index (κ1) is 33.2. The van der Waals surface area contributed by atoms with Gasteiger partial charge in [-0.25, -0.2) is 15.0 Å². The number of rotatable bonds is 8. The van der Waals surface area contributed by atoms with Gasteiger partial charge in [-0.2, -0.15) is 0 Å². The van der Waals surface area contributed by atoms with Gasteiger partial charge in [0.05, 0.1) is 5.41 Å². The Kier molecular flexibility index (Phi) is 8.34. The third-order valence-electron chi connectivity index (χ3n) is 10.8. The standard InChI is InChI=1S/C52H36N4/c1-5-19-37(20-6-1)49-53-50(38-21-7-2-8-22-38)55-51(54-49)39-23-17-24-40(35-39)52(47-33-15-13-31-45(47)46-32-14-16-34-48(46)52)41-25-18-30-44(36-41)56(42-26-9-3-10-27-42)43-28-11-4-12-29-43/h1-36H. The second kappa shape index (κ2) is 14.1. The Morgan fingerprint density at radius 2 is 0.679 bits per heavy atom. The minimum atomic E-state index is -0.643. The molecule has 0 fully saturated rings. The van der Waals surface area contributed by atoms with Crippen molar-refractivity contribution >= 4 is 17.1 Å². The Morgan fingerprint density at radius 1 is 0.304 bits per heavy atom. The molecule has 0 N–H and O–H groups in total. The van der Waals surface area contributed by atoms with E-state index in [4.69, 9.17) is 15.0 Å². The Labute approximate surface area is 327 Å². The van der Waals surface area contributed by atoms with Crippen LogP contribution in [0.5, 0.6) is 0 Å². The van der Waals surface area contributed by atoms with Crippen molar-refractivity contribution in [3.05, 3.63) is 241 Å². The third-order valence-corrected chi connectivity index (χ3v) is 10.8. The minimum Gasteiger partial charge on any atom is -0.310 e. The molecule has 1 aliphatic carbocycles. The van der Waals surface area contributed by atoms with Crippen LogP contribution in [-0.2, 0) is 5.41 Å². The minimum absolute atomic E-state index is 0.627. The highest BCUT2D eigenvalue weighted by molar-refractivity contribution is 5.87. The smallest absolute Gasteiger partial charge is 0.164 e. The van der Waals surface area contributed by atoms with Gasteiger partial charge in [0.15, 0.2) is 17.5 Å². The molecule has 56 heavy (non-hydrogen) atoms. The first-order valence-corrected chi connectivity index (χ1v) is 19.0. The van der Waals surface area contributed by atoms with Gasteiger partial charge in [-0.05, 0) is 75.8 Å². The van der Waals surface area contributed by atoms with Crippen molar-refractivity contribution in [3.8, 4) is 45.3 Å². The van der Waals surface area contributed by atoms with E-state index in [9.17, 15) is 0 Å². The van der Waals surface area contributed by atoms with E-state index in [-0.39, 0.29) is 0 Å². The van der Waals surface area contributed by atoms with Crippen LogP contribution in [0.25, 0.3) is 45.3 Å². The van der Waals surface area contributed by atoms with Gasteiger partial charge in [0, 0.05) is 33.8 Å². The second-order valence-electron chi connectivity index (χ2n) is 14.0. The number of hydrogen-bond donors (Lipinski definition) is 0. The summed E-state index contributed by atoms with van der Waals surface area (Å²) in [6, 6.07) is 77.1. The zero-order valence-electron chi connectivity index (χ0n) is 30.6. The quantitative estimate of drug-likeness (QED) is 0.157. The summed E-state index contributed by atoms with van der Waals surface area (Å²) in [4.78, 5) is 17.6. The van der Waals surface area contributed by atoms with Gasteiger partial charge in [0.2, 0.25) is 0 Å². The Balaban J connectivity index is 1.21. The van der Waals surface area contributed by atoms with Crippen LogP contribution in [0.1, 0.15) is 22.3 Å². The van der Waals surface area contributed by atoms with Gasteiger partial charge in [-0.15, -0.1) is 0 Å². The summed E-state index contributed by atoms with van der Waals surface area (Å²) < 4.78 is 0. The molecule has 4 nitrogen and oxygen atoms in total. The summed E-state index contributed by atoms with van der Waals surface area (Å²) in [7, 11) is 0. The van der Waals surface area contributed by atoms with Crippen molar-refractivity contribution in [3.63, 3.8) is 0 Å². The van der Waals surface area contributed by atoms with E-state index in [1.54, 1.807) is 0 Å². The molecule has 4 heteroatoms. The molecule has 1 aromatic heterocycles. The highest BCUT2D eigenvalue weighted by atomic mass is 15.1. The summed E-state index contributed by atoms with van der Waals surface area (Å²) in [5.41, 5.74) is 12.7. The van der Waals surface area contributed by atoms with Crippen LogP contribution in [0.3, 0.4) is 0 Å². The van der Waals surface area contributed by atoms with Crippen molar-refractivity contribution in [2.45, 2.75) is 5.41 Å². The second-order valence-corrected chi connectivity index (χ2v) is 14.0. The number of aromatic nitrogens is 3. The van der Waals surface area contributed by atoms with Crippen LogP contribution in [0.15, 0.2) is 218 Å². The molecule has 0 aliphatic heterocycles. The van der Waals surface area contributed by atoms with Crippen LogP contribution < -0.4 is 4.90 Å². The molecule has 0 unspecified atom stereocenters.